The van der Waals surface area contributed by atoms with Gasteiger partial charge in [-0.1, -0.05) is 6.07 Å². The number of fused-ring (bicyclic) bond motifs is 1. The van der Waals surface area contributed by atoms with Crippen LogP contribution in [0.2, 0.25) is 0 Å². The molecule has 3 rings (SSSR count). The molecule has 0 aliphatic heterocycles. The average molecular weight is 269 g/mol. The molecule has 0 radical (unpaired) electrons. The van der Waals surface area contributed by atoms with E-state index in [4.69, 9.17) is 4.42 Å². The first-order valence-electron chi connectivity index (χ1n) is 7.06. The van der Waals surface area contributed by atoms with Gasteiger partial charge in [0.05, 0.1) is 5.56 Å². The third-order valence-electron chi connectivity index (χ3n) is 4.14. The SMILES string of the molecule is Cc1oc(C)c(C(=O)Nc2ccc3c(c2)CCC3)c1C. The van der Waals surface area contributed by atoms with Gasteiger partial charge in [0.1, 0.15) is 11.5 Å². The van der Waals surface area contributed by atoms with Crippen molar-refractivity contribution in [1.29, 1.82) is 0 Å². The number of rotatable bonds is 2. The van der Waals surface area contributed by atoms with Crippen molar-refractivity contribution in [2.24, 2.45) is 0 Å². The van der Waals surface area contributed by atoms with E-state index in [-0.39, 0.29) is 5.91 Å². The lowest BCUT2D eigenvalue weighted by Gasteiger charge is -2.07. The van der Waals surface area contributed by atoms with E-state index < -0.39 is 0 Å². The second kappa shape index (κ2) is 4.82. The summed E-state index contributed by atoms with van der Waals surface area (Å²) < 4.78 is 5.52. The molecule has 3 heteroatoms. The number of nitrogens with one attached hydrogen (secondary N) is 1. The van der Waals surface area contributed by atoms with Crippen LogP contribution in [0.3, 0.4) is 0 Å². The van der Waals surface area contributed by atoms with E-state index in [0.717, 1.165) is 29.9 Å². The van der Waals surface area contributed by atoms with Crippen LogP contribution in [0.5, 0.6) is 0 Å². The summed E-state index contributed by atoms with van der Waals surface area (Å²) in [5, 5.41) is 2.98. The topological polar surface area (TPSA) is 42.2 Å². The third kappa shape index (κ3) is 2.13. The monoisotopic (exact) mass is 269 g/mol. The second-order valence-corrected chi connectivity index (χ2v) is 5.51. The summed E-state index contributed by atoms with van der Waals surface area (Å²) >= 11 is 0. The van der Waals surface area contributed by atoms with Crippen LogP contribution in [0.4, 0.5) is 5.69 Å². The Hall–Kier alpha value is -2.03. The lowest BCUT2D eigenvalue weighted by atomic mass is 10.1. The van der Waals surface area contributed by atoms with Crippen LogP contribution in [0, 0.1) is 20.8 Å². The molecule has 1 aliphatic carbocycles. The van der Waals surface area contributed by atoms with Crippen LogP contribution in [-0.2, 0) is 12.8 Å². The molecule has 0 spiro atoms. The molecule has 0 saturated heterocycles. The van der Waals surface area contributed by atoms with Gasteiger partial charge in [-0.25, -0.2) is 0 Å². The first-order chi connectivity index (χ1) is 9.56. The maximum atomic E-state index is 12.4. The zero-order chi connectivity index (χ0) is 14.3. The molecule has 0 unspecified atom stereocenters. The lowest BCUT2D eigenvalue weighted by Crippen LogP contribution is -2.13. The fourth-order valence-corrected chi connectivity index (χ4v) is 2.97. The number of carbonyl (C=O) groups is 1. The summed E-state index contributed by atoms with van der Waals surface area (Å²) in [6, 6.07) is 6.20. The van der Waals surface area contributed by atoms with Gasteiger partial charge in [0.2, 0.25) is 0 Å². The minimum Gasteiger partial charge on any atom is -0.466 e. The molecule has 0 saturated carbocycles. The zero-order valence-corrected chi connectivity index (χ0v) is 12.2. The maximum absolute atomic E-state index is 12.4. The fourth-order valence-electron chi connectivity index (χ4n) is 2.97. The normalized spacial score (nSPS) is 13.3. The number of hydrogen-bond acceptors (Lipinski definition) is 2. The zero-order valence-electron chi connectivity index (χ0n) is 12.2. The van der Waals surface area contributed by atoms with E-state index in [1.165, 1.54) is 17.5 Å². The standard InChI is InChI=1S/C17H19NO2/c1-10-11(2)20-12(3)16(10)17(19)18-15-8-7-13-5-4-6-14(13)9-15/h7-9H,4-6H2,1-3H3,(H,18,19). The minimum atomic E-state index is -0.0882. The summed E-state index contributed by atoms with van der Waals surface area (Å²) in [4.78, 5) is 12.4. The Kier molecular flexibility index (Phi) is 3.13. The van der Waals surface area contributed by atoms with Crippen molar-refractivity contribution in [1.82, 2.24) is 0 Å². The first kappa shape index (κ1) is 13.0. The molecule has 1 aromatic heterocycles. The Morgan fingerprint density at radius 1 is 1.10 bits per heavy atom. The average Bonchev–Trinajstić information content (AvgIpc) is 2.94. The van der Waals surface area contributed by atoms with Gasteiger partial charge in [-0.15, -0.1) is 0 Å². The van der Waals surface area contributed by atoms with Crippen molar-refractivity contribution in [3.63, 3.8) is 0 Å². The van der Waals surface area contributed by atoms with Crippen LogP contribution in [-0.4, -0.2) is 5.91 Å². The highest BCUT2D eigenvalue weighted by Crippen LogP contribution is 2.26. The number of benzene rings is 1. The van der Waals surface area contributed by atoms with E-state index in [9.17, 15) is 4.79 Å². The Bertz CT molecular complexity index is 683. The van der Waals surface area contributed by atoms with Crippen LogP contribution in [0.25, 0.3) is 0 Å². The van der Waals surface area contributed by atoms with Crippen molar-refractivity contribution < 1.29 is 9.21 Å². The summed E-state index contributed by atoms with van der Waals surface area (Å²) in [5.74, 6) is 1.40. The minimum absolute atomic E-state index is 0.0882. The van der Waals surface area contributed by atoms with Gasteiger partial charge < -0.3 is 9.73 Å². The quantitative estimate of drug-likeness (QED) is 0.897. The summed E-state index contributed by atoms with van der Waals surface area (Å²) in [6.07, 6.45) is 3.48. The number of anilines is 1. The molecule has 1 aliphatic rings. The van der Waals surface area contributed by atoms with Gasteiger partial charge in [-0.05, 0) is 63.3 Å². The first-order valence-corrected chi connectivity index (χ1v) is 7.06. The maximum Gasteiger partial charge on any atom is 0.259 e. The Balaban J connectivity index is 1.86. The molecule has 0 bridgehead atoms. The Morgan fingerprint density at radius 2 is 1.85 bits per heavy atom. The van der Waals surface area contributed by atoms with E-state index in [0.29, 0.717) is 11.3 Å². The van der Waals surface area contributed by atoms with Gasteiger partial charge >= 0.3 is 0 Å². The number of furan rings is 1. The largest absolute Gasteiger partial charge is 0.466 e. The van der Waals surface area contributed by atoms with Crippen LogP contribution in [0.15, 0.2) is 22.6 Å². The van der Waals surface area contributed by atoms with E-state index >= 15 is 0 Å². The molecule has 3 nitrogen and oxygen atoms in total. The summed E-state index contributed by atoms with van der Waals surface area (Å²) in [7, 11) is 0. The molecule has 1 heterocycles. The summed E-state index contributed by atoms with van der Waals surface area (Å²) in [5.41, 5.74) is 5.21. The van der Waals surface area contributed by atoms with E-state index in [1.807, 2.05) is 26.8 Å². The van der Waals surface area contributed by atoms with Gasteiger partial charge in [0, 0.05) is 11.3 Å². The van der Waals surface area contributed by atoms with Gasteiger partial charge in [0.25, 0.3) is 5.91 Å². The molecular weight excluding hydrogens is 250 g/mol. The molecule has 1 N–H and O–H groups in total. The molecule has 1 amide bonds. The molecule has 2 aromatic rings. The molecular formula is C17H19NO2. The Morgan fingerprint density at radius 3 is 2.55 bits per heavy atom. The third-order valence-corrected chi connectivity index (χ3v) is 4.14. The second-order valence-electron chi connectivity index (χ2n) is 5.51. The van der Waals surface area contributed by atoms with Crippen molar-refractivity contribution in [2.75, 3.05) is 5.32 Å². The number of aryl methyl sites for hydroxylation is 4. The van der Waals surface area contributed by atoms with Crippen molar-refractivity contribution in [2.45, 2.75) is 40.0 Å². The molecule has 0 atom stereocenters. The number of amides is 1. The van der Waals surface area contributed by atoms with Gasteiger partial charge in [0.15, 0.2) is 0 Å². The number of hydrogen-bond donors (Lipinski definition) is 1. The lowest BCUT2D eigenvalue weighted by molar-refractivity contribution is 0.102. The van der Waals surface area contributed by atoms with Gasteiger partial charge in [-0.2, -0.15) is 0 Å². The predicted octanol–water partition coefficient (Wildman–Crippen LogP) is 3.95. The summed E-state index contributed by atoms with van der Waals surface area (Å²) in [6.45, 7) is 5.63. The highest BCUT2D eigenvalue weighted by atomic mass is 16.3. The highest BCUT2D eigenvalue weighted by molar-refractivity contribution is 6.06. The molecule has 0 fully saturated rings. The van der Waals surface area contributed by atoms with Crippen molar-refractivity contribution in [3.8, 4) is 0 Å². The van der Waals surface area contributed by atoms with E-state index in [2.05, 4.69) is 17.4 Å². The smallest absolute Gasteiger partial charge is 0.259 e. The van der Waals surface area contributed by atoms with Gasteiger partial charge in [-0.3, -0.25) is 4.79 Å². The predicted molar refractivity (Wildman–Crippen MR) is 79.3 cm³/mol. The Labute approximate surface area is 119 Å². The molecule has 20 heavy (non-hydrogen) atoms. The van der Waals surface area contributed by atoms with Crippen LogP contribution >= 0.6 is 0 Å². The number of carbonyl (C=O) groups excluding carboxylic acids is 1. The molecule has 104 valence electrons. The van der Waals surface area contributed by atoms with Crippen LogP contribution < -0.4 is 5.32 Å². The van der Waals surface area contributed by atoms with Crippen LogP contribution in [0.1, 0.15) is 45.0 Å². The fraction of sp³-hybridized carbons (Fsp3) is 0.353. The van der Waals surface area contributed by atoms with E-state index in [1.54, 1.807) is 0 Å². The van der Waals surface area contributed by atoms with Crippen molar-refractivity contribution >= 4 is 11.6 Å². The highest BCUT2D eigenvalue weighted by Gasteiger charge is 2.19. The van der Waals surface area contributed by atoms with Crippen molar-refractivity contribution in [3.05, 3.63) is 52.0 Å². The molecule has 1 aromatic carbocycles.